The smallest absolute Gasteiger partial charge is 0.410 e. The Hall–Kier alpha value is -1.77. The summed E-state index contributed by atoms with van der Waals surface area (Å²) in [5, 5.41) is 12.1. The highest BCUT2D eigenvalue weighted by Crippen LogP contribution is 2.22. The topological polar surface area (TPSA) is 82.4 Å². The van der Waals surface area contributed by atoms with Crippen molar-refractivity contribution in [1.29, 1.82) is 5.26 Å². The SMILES string of the molecule is CCC(=O)NC1(C#N)CCCN(C(=O)OC(C)(C)C)C1. The van der Waals surface area contributed by atoms with Gasteiger partial charge in [-0.3, -0.25) is 4.79 Å². The molecule has 112 valence electrons. The third-order valence-corrected chi connectivity index (χ3v) is 3.06. The molecule has 0 aliphatic carbocycles. The standard InChI is InChI=1S/C14H23N3O3/c1-5-11(18)16-14(9-15)7-6-8-17(10-14)12(19)20-13(2,3)4/h5-8,10H2,1-4H3,(H,16,18). The Labute approximate surface area is 120 Å². The van der Waals surface area contributed by atoms with Crippen LogP contribution in [0.5, 0.6) is 0 Å². The number of ether oxygens (including phenoxy) is 1. The van der Waals surface area contributed by atoms with Gasteiger partial charge in [0.1, 0.15) is 11.1 Å². The second kappa shape index (κ2) is 6.12. The van der Waals surface area contributed by atoms with Gasteiger partial charge in [0.05, 0.1) is 12.6 Å². The number of nitrogens with zero attached hydrogens (tertiary/aromatic N) is 2. The summed E-state index contributed by atoms with van der Waals surface area (Å²) in [5.41, 5.74) is -1.57. The predicted molar refractivity (Wildman–Crippen MR) is 73.8 cm³/mol. The fourth-order valence-corrected chi connectivity index (χ4v) is 2.11. The van der Waals surface area contributed by atoms with E-state index in [1.165, 1.54) is 4.90 Å². The van der Waals surface area contributed by atoms with Crippen LogP contribution >= 0.6 is 0 Å². The fourth-order valence-electron chi connectivity index (χ4n) is 2.11. The van der Waals surface area contributed by atoms with Crippen molar-refractivity contribution in [3.05, 3.63) is 0 Å². The summed E-state index contributed by atoms with van der Waals surface area (Å²) in [7, 11) is 0. The first-order chi connectivity index (χ1) is 9.21. The zero-order chi connectivity index (χ0) is 15.4. The molecule has 1 aliphatic heterocycles. The summed E-state index contributed by atoms with van der Waals surface area (Å²) in [6.45, 7) is 7.83. The fraction of sp³-hybridized carbons (Fsp3) is 0.786. The molecule has 0 saturated carbocycles. The summed E-state index contributed by atoms with van der Waals surface area (Å²) in [5.74, 6) is -0.183. The maximum absolute atomic E-state index is 12.1. The molecular weight excluding hydrogens is 258 g/mol. The van der Waals surface area contributed by atoms with Gasteiger partial charge in [-0.15, -0.1) is 0 Å². The molecule has 1 rings (SSSR count). The van der Waals surface area contributed by atoms with Crippen molar-refractivity contribution in [3.63, 3.8) is 0 Å². The zero-order valence-corrected chi connectivity index (χ0v) is 12.7. The number of hydrogen-bond acceptors (Lipinski definition) is 4. The summed E-state index contributed by atoms with van der Waals surface area (Å²) in [6.07, 6.45) is 1.09. The molecule has 1 aliphatic rings. The number of nitrogens with one attached hydrogen (secondary N) is 1. The molecule has 0 bridgehead atoms. The normalized spacial score (nSPS) is 22.9. The molecular formula is C14H23N3O3. The van der Waals surface area contributed by atoms with E-state index < -0.39 is 17.2 Å². The van der Waals surface area contributed by atoms with Gasteiger partial charge < -0.3 is 15.0 Å². The molecule has 20 heavy (non-hydrogen) atoms. The number of rotatable bonds is 2. The van der Waals surface area contributed by atoms with E-state index in [0.29, 0.717) is 25.8 Å². The number of hydrogen-bond donors (Lipinski definition) is 1. The predicted octanol–water partition coefficient (Wildman–Crippen LogP) is 1.81. The van der Waals surface area contributed by atoms with Crippen molar-refractivity contribution < 1.29 is 14.3 Å². The van der Waals surface area contributed by atoms with E-state index in [2.05, 4.69) is 11.4 Å². The molecule has 1 unspecified atom stereocenters. The van der Waals surface area contributed by atoms with Crippen LogP contribution in [0.4, 0.5) is 4.79 Å². The molecule has 2 amide bonds. The van der Waals surface area contributed by atoms with Crippen molar-refractivity contribution >= 4 is 12.0 Å². The Morgan fingerprint density at radius 3 is 2.60 bits per heavy atom. The highest BCUT2D eigenvalue weighted by Gasteiger charge is 2.39. The molecule has 1 atom stereocenters. The average molecular weight is 281 g/mol. The minimum Gasteiger partial charge on any atom is -0.444 e. The quantitative estimate of drug-likeness (QED) is 0.836. The van der Waals surface area contributed by atoms with Crippen molar-refractivity contribution in [2.75, 3.05) is 13.1 Å². The van der Waals surface area contributed by atoms with Crippen molar-refractivity contribution in [2.24, 2.45) is 0 Å². The highest BCUT2D eigenvalue weighted by atomic mass is 16.6. The van der Waals surface area contributed by atoms with E-state index in [4.69, 9.17) is 4.74 Å². The lowest BCUT2D eigenvalue weighted by atomic mass is 9.90. The largest absolute Gasteiger partial charge is 0.444 e. The Morgan fingerprint density at radius 2 is 2.10 bits per heavy atom. The van der Waals surface area contributed by atoms with Crippen LogP contribution in [0, 0.1) is 11.3 Å². The van der Waals surface area contributed by atoms with Crippen molar-refractivity contribution in [3.8, 4) is 6.07 Å². The van der Waals surface area contributed by atoms with Gasteiger partial charge in [0.2, 0.25) is 5.91 Å². The van der Waals surface area contributed by atoms with Crippen LogP contribution in [0.25, 0.3) is 0 Å². The lowest BCUT2D eigenvalue weighted by molar-refractivity contribution is -0.122. The van der Waals surface area contributed by atoms with Crippen LogP contribution in [0.2, 0.25) is 0 Å². The maximum atomic E-state index is 12.1. The molecule has 1 saturated heterocycles. The number of amides is 2. The van der Waals surface area contributed by atoms with Gasteiger partial charge in [-0.2, -0.15) is 5.26 Å². The lowest BCUT2D eigenvalue weighted by Gasteiger charge is -2.39. The monoisotopic (exact) mass is 281 g/mol. The summed E-state index contributed by atoms with van der Waals surface area (Å²) < 4.78 is 5.31. The number of carbonyl (C=O) groups excluding carboxylic acids is 2. The summed E-state index contributed by atoms with van der Waals surface area (Å²) in [6, 6.07) is 2.15. The first-order valence-electron chi connectivity index (χ1n) is 6.91. The molecule has 1 N–H and O–H groups in total. The zero-order valence-electron chi connectivity index (χ0n) is 12.7. The van der Waals surface area contributed by atoms with Gasteiger partial charge in [-0.1, -0.05) is 6.92 Å². The number of likely N-dealkylation sites (tertiary alicyclic amines) is 1. The minimum absolute atomic E-state index is 0.171. The van der Waals surface area contributed by atoms with Crippen molar-refractivity contribution in [1.82, 2.24) is 10.2 Å². The second-order valence-corrected chi connectivity index (χ2v) is 6.10. The molecule has 6 nitrogen and oxygen atoms in total. The first kappa shape index (κ1) is 16.3. The lowest BCUT2D eigenvalue weighted by Crippen LogP contribution is -2.59. The van der Waals surface area contributed by atoms with Gasteiger partial charge in [-0.25, -0.2) is 4.79 Å². The van der Waals surface area contributed by atoms with Crippen LogP contribution in [0.3, 0.4) is 0 Å². The maximum Gasteiger partial charge on any atom is 0.410 e. The van der Waals surface area contributed by atoms with E-state index in [9.17, 15) is 14.9 Å². The molecule has 0 aromatic heterocycles. The van der Waals surface area contributed by atoms with Crippen LogP contribution in [-0.2, 0) is 9.53 Å². The van der Waals surface area contributed by atoms with Crippen LogP contribution in [0.1, 0.15) is 47.0 Å². The second-order valence-electron chi connectivity index (χ2n) is 6.10. The molecule has 1 heterocycles. The Balaban J connectivity index is 2.76. The summed E-state index contributed by atoms with van der Waals surface area (Å²) in [4.78, 5) is 25.1. The van der Waals surface area contributed by atoms with Gasteiger partial charge in [0.25, 0.3) is 0 Å². The Morgan fingerprint density at radius 1 is 1.45 bits per heavy atom. The van der Waals surface area contributed by atoms with Gasteiger partial charge in [0.15, 0.2) is 0 Å². The number of nitriles is 1. The highest BCUT2D eigenvalue weighted by molar-refractivity contribution is 5.77. The van der Waals surface area contributed by atoms with E-state index in [1.54, 1.807) is 27.7 Å². The third kappa shape index (κ3) is 4.41. The van der Waals surface area contributed by atoms with E-state index in [1.807, 2.05) is 0 Å². The van der Waals surface area contributed by atoms with Crippen molar-refractivity contribution in [2.45, 2.75) is 58.1 Å². The average Bonchev–Trinajstić information content (AvgIpc) is 2.37. The third-order valence-electron chi connectivity index (χ3n) is 3.06. The van der Waals surface area contributed by atoms with Crippen LogP contribution < -0.4 is 5.32 Å². The summed E-state index contributed by atoms with van der Waals surface area (Å²) >= 11 is 0. The van der Waals surface area contributed by atoms with E-state index in [0.717, 1.165) is 0 Å². The molecule has 0 radical (unpaired) electrons. The van der Waals surface area contributed by atoms with Crippen LogP contribution in [-0.4, -0.2) is 41.1 Å². The molecule has 0 spiro atoms. The number of carbonyl (C=O) groups is 2. The number of piperidine rings is 1. The van der Waals surface area contributed by atoms with E-state index in [-0.39, 0.29) is 12.5 Å². The Bertz CT molecular complexity index is 422. The van der Waals surface area contributed by atoms with Gasteiger partial charge >= 0.3 is 6.09 Å². The molecule has 0 aromatic carbocycles. The Kier molecular flexibility index (Phi) is 4.98. The van der Waals surface area contributed by atoms with Gasteiger partial charge in [-0.05, 0) is 33.6 Å². The first-order valence-corrected chi connectivity index (χ1v) is 6.91. The minimum atomic E-state index is -0.998. The molecule has 6 heteroatoms. The van der Waals surface area contributed by atoms with E-state index >= 15 is 0 Å². The van der Waals surface area contributed by atoms with Gasteiger partial charge in [0, 0.05) is 13.0 Å². The van der Waals surface area contributed by atoms with Crippen LogP contribution in [0.15, 0.2) is 0 Å². The molecule has 1 fully saturated rings. The molecule has 0 aromatic rings.